The third kappa shape index (κ3) is 2.87. The highest BCUT2D eigenvalue weighted by molar-refractivity contribution is 9.11. The normalized spacial score (nSPS) is 13.0. The van der Waals surface area contributed by atoms with Gasteiger partial charge in [-0.05, 0) is 35.0 Å². The molecule has 0 amide bonds. The van der Waals surface area contributed by atoms with E-state index in [1.54, 1.807) is 22.7 Å². The minimum absolute atomic E-state index is 0.0711. The van der Waals surface area contributed by atoms with Crippen molar-refractivity contribution >= 4 is 38.6 Å². The van der Waals surface area contributed by atoms with E-state index in [2.05, 4.69) is 33.0 Å². The predicted molar refractivity (Wildman–Crippen MR) is 69.5 cm³/mol. The van der Waals surface area contributed by atoms with E-state index in [0.29, 0.717) is 0 Å². The van der Waals surface area contributed by atoms with Crippen molar-refractivity contribution in [2.24, 2.45) is 5.73 Å². The van der Waals surface area contributed by atoms with E-state index in [4.69, 9.17) is 5.73 Å². The molecule has 0 fully saturated rings. The summed E-state index contributed by atoms with van der Waals surface area (Å²) in [6, 6.07) is 4.24. The first-order valence-electron chi connectivity index (χ1n) is 4.57. The summed E-state index contributed by atoms with van der Waals surface area (Å²) in [6.07, 6.45) is 2.77. The van der Waals surface area contributed by atoms with Gasteiger partial charge in [0.2, 0.25) is 0 Å². The number of rotatable bonds is 3. The Labute approximate surface area is 105 Å². The van der Waals surface area contributed by atoms with Gasteiger partial charge in [-0.25, -0.2) is 4.98 Å². The fourth-order valence-corrected chi connectivity index (χ4v) is 3.66. The Morgan fingerprint density at radius 1 is 1.47 bits per heavy atom. The van der Waals surface area contributed by atoms with E-state index in [1.165, 1.54) is 4.88 Å². The molecule has 15 heavy (non-hydrogen) atoms. The van der Waals surface area contributed by atoms with Gasteiger partial charge in [0, 0.05) is 28.4 Å². The lowest BCUT2D eigenvalue weighted by atomic mass is 10.2. The van der Waals surface area contributed by atoms with E-state index in [1.807, 2.05) is 13.1 Å². The molecule has 1 unspecified atom stereocenters. The summed E-state index contributed by atoms with van der Waals surface area (Å²) < 4.78 is 1.16. The molecule has 0 bridgehead atoms. The van der Waals surface area contributed by atoms with Crippen LogP contribution in [0, 0.1) is 6.92 Å². The quantitative estimate of drug-likeness (QED) is 0.942. The molecular weight excluding hydrogens is 292 g/mol. The Morgan fingerprint density at radius 2 is 2.27 bits per heavy atom. The molecule has 2 rings (SSSR count). The number of halogens is 1. The molecule has 0 spiro atoms. The van der Waals surface area contributed by atoms with Crippen molar-refractivity contribution in [3.63, 3.8) is 0 Å². The fourth-order valence-electron chi connectivity index (χ4n) is 1.33. The van der Waals surface area contributed by atoms with Crippen molar-refractivity contribution in [2.75, 3.05) is 0 Å². The zero-order valence-corrected chi connectivity index (χ0v) is 11.5. The van der Waals surface area contributed by atoms with Crippen molar-refractivity contribution in [3.8, 4) is 0 Å². The van der Waals surface area contributed by atoms with E-state index >= 15 is 0 Å². The second-order valence-electron chi connectivity index (χ2n) is 3.30. The van der Waals surface area contributed by atoms with Gasteiger partial charge in [-0.1, -0.05) is 0 Å². The molecule has 2 nitrogen and oxygen atoms in total. The van der Waals surface area contributed by atoms with Crippen LogP contribution in [0.5, 0.6) is 0 Å². The van der Waals surface area contributed by atoms with Crippen molar-refractivity contribution in [1.29, 1.82) is 0 Å². The van der Waals surface area contributed by atoms with Gasteiger partial charge in [-0.2, -0.15) is 0 Å². The number of aryl methyl sites for hydroxylation is 1. The average Bonchev–Trinajstić information content (AvgIpc) is 2.75. The number of nitrogens with two attached hydrogens (primary N) is 1. The molecule has 2 aromatic heterocycles. The number of aromatic nitrogens is 1. The largest absolute Gasteiger partial charge is 0.323 e. The number of hydrogen-bond donors (Lipinski definition) is 1. The smallest absolute Gasteiger partial charge is 0.0897 e. The maximum Gasteiger partial charge on any atom is 0.0897 e. The number of nitrogens with zero attached hydrogens (tertiary/aromatic N) is 1. The Bertz CT molecular complexity index is 450. The monoisotopic (exact) mass is 302 g/mol. The van der Waals surface area contributed by atoms with Crippen LogP contribution in [0.4, 0.5) is 0 Å². The molecule has 0 saturated carbocycles. The molecule has 2 N–H and O–H groups in total. The van der Waals surface area contributed by atoms with Gasteiger partial charge in [0.15, 0.2) is 0 Å². The summed E-state index contributed by atoms with van der Waals surface area (Å²) >= 11 is 6.87. The second kappa shape index (κ2) is 4.74. The lowest BCUT2D eigenvalue weighted by Crippen LogP contribution is -2.10. The van der Waals surface area contributed by atoms with Gasteiger partial charge in [0.25, 0.3) is 0 Å². The molecule has 0 aliphatic carbocycles. The molecule has 0 aliphatic heterocycles. The summed E-state index contributed by atoms with van der Waals surface area (Å²) in [4.78, 5) is 6.69. The summed E-state index contributed by atoms with van der Waals surface area (Å²) in [6.45, 7) is 2.00. The third-order valence-electron chi connectivity index (χ3n) is 2.05. The molecule has 2 aromatic rings. The Hall–Kier alpha value is -0.230. The van der Waals surface area contributed by atoms with E-state index < -0.39 is 0 Å². The van der Waals surface area contributed by atoms with E-state index in [9.17, 15) is 0 Å². The molecule has 1 atom stereocenters. The molecular formula is C10H11BrN2S2. The van der Waals surface area contributed by atoms with Crippen LogP contribution in [0.25, 0.3) is 0 Å². The van der Waals surface area contributed by atoms with Gasteiger partial charge in [0.1, 0.15) is 0 Å². The van der Waals surface area contributed by atoms with Crippen LogP contribution in [-0.2, 0) is 6.42 Å². The third-order valence-corrected chi connectivity index (χ3v) is 4.75. The van der Waals surface area contributed by atoms with Crippen LogP contribution in [0.2, 0.25) is 0 Å². The van der Waals surface area contributed by atoms with Crippen LogP contribution < -0.4 is 5.73 Å². The van der Waals surface area contributed by atoms with Crippen LogP contribution in [0.3, 0.4) is 0 Å². The van der Waals surface area contributed by atoms with Crippen molar-refractivity contribution < 1.29 is 0 Å². The highest BCUT2D eigenvalue weighted by Crippen LogP contribution is 2.27. The first-order valence-corrected chi connectivity index (χ1v) is 7.00. The molecule has 80 valence electrons. The number of thiophene rings is 1. The minimum atomic E-state index is 0.0711. The lowest BCUT2D eigenvalue weighted by molar-refractivity contribution is 0.743. The van der Waals surface area contributed by atoms with Crippen molar-refractivity contribution in [3.05, 3.63) is 36.9 Å². The van der Waals surface area contributed by atoms with Crippen LogP contribution in [0.1, 0.15) is 20.8 Å². The first-order chi connectivity index (χ1) is 7.15. The van der Waals surface area contributed by atoms with Crippen LogP contribution in [0.15, 0.2) is 22.1 Å². The molecule has 0 aliphatic rings. The fraction of sp³-hybridized carbons (Fsp3) is 0.300. The zero-order chi connectivity index (χ0) is 10.8. The summed E-state index contributed by atoms with van der Waals surface area (Å²) in [7, 11) is 0. The van der Waals surface area contributed by atoms with Crippen molar-refractivity contribution in [1.82, 2.24) is 4.98 Å². The highest BCUT2D eigenvalue weighted by atomic mass is 79.9. The molecule has 0 radical (unpaired) electrons. The average molecular weight is 303 g/mol. The molecule has 2 heterocycles. The molecule has 5 heteroatoms. The summed E-state index contributed by atoms with van der Waals surface area (Å²) in [5.41, 5.74) is 6.11. The standard InChI is InChI=1S/C10H11BrN2S2/c1-6-13-5-9(14-6)8(12)4-7-2-3-10(11)15-7/h2-3,5,8H,4,12H2,1H3. The van der Waals surface area contributed by atoms with Gasteiger partial charge >= 0.3 is 0 Å². The Balaban J connectivity index is 2.06. The van der Waals surface area contributed by atoms with Crippen LogP contribution in [-0.4, -0.2) is 4.98 Å². The molecule has 0 saturated heterocycles. The van der Waals surface area contributed by atoms with Gasteiger partial charge < -0.3 is 5.73 Å². The highest BCUT2D eigenvalue weighted by Gasteiger charge is 2.11. The molecule has 0 aromatic carbocycles. The summed E-state index contributed by atoms with van der Waals surface area (Å²) in [5, 5.41) is 1.08. The van der Waals surface area contributed by atoms with Gasteiger partial charge in [-0.3, -0.25) is 0 Å². The van der Waals surface area contributed by atoms with Gasteiger partial charge in [-0.15, -0.1) is 22.7 Å². The van der Waals surface area contributed by atoms with Gasteiger partial charge in [0.05, 0.1) is 8.79 Å². The predicted octanol–water partition coefficient (Wildman–Crippen LogP) is 3.52. The summed E-state index contributed by atoms with van der Waals surface area (Å²) in [5.74, 6) is 0. The minimum Gasteiger partial charge on any atom is -0.323 e. The SMILES string of the molecule is Cc1ncc(C(N)Cc2ccc(Br)s2)s1. The topological polar surface area (TPSA) is 38.9 Å². The Morgan fingerprint density at radius 3 is 2.80 bits per heavy atom. The first kappa shape index (κ1) is 11.3. The van der Waals surface area contributed by atoms with E-state index in [0.717, 1.165) is 20.1 Å². The number of hydrogen-bond acceptors (Lipinski definition) is 4. The number of thiazole rings is 1. The maximum absolute atomic E-state index is 6.11. The Kier molecular flexibility index (Phi) is 3.56. The lowest BCUT2D eigenvalue weighted by Gasteiger charge is -2.06. The zero-order valence-electron chi connectivity index (χ0n) is 8.24. The van der Waals surface area contributed by atoms with E-state index in [-0.39, 0.29) is 6.04 Å². The second-order valence-corrected chi connectivity index (χ2v) is 7.11. The van der Waals surface area contributed by atoms with Crippen LogP contribution >= 0.6 is 38.6 Å². The maximum atomic E-state index is 6.11. The van der Waals surface area contributed by atoms with Crippen molar-refractivity contribution in [2.45, 2.75) is 19.4 Å².